The van der Waals surface area contributed by atoms with Crippen LogP contribution in [0.4, 0.5) is 5.95 Å². The highest BCUT2D eigenvalue weighted by atomic mass is 35.5. The number of benzene rings is 1. The normalized spacial score (nSPS) is 21.4. The molecule has 5 rings (SSSR count). The number of hydrogen-bond acceptors (Lipinski definition) is 6. The van der Waals surface area contributed by atoms with Gasteiger partial charge in [0.05, 0.1) is 6.10 Å². The molecule has 7 nitrogen and oxygen atoms in total. The Morgan fingerprint density at radius 1 is 1.09 bits per heavy atom. The molecule has 0 radical (unpaired) electrons. The van der Waals surface area contributed by atoms with E-state index in [0.29, 0.717) is 12.0 Å². The van der Waals surface area contributed by atoms with Crippen LogP contribution in [0.2, 0.25) is 0 Å². The van der Waals surface area contributed by atoms with E-state index in [1.165, 1.54) is 16.7 Å². The molecule has 0 spiro atoms. The van der Waals surface area contributed by atoms with Crippen LogP contribution in [0.15, 0.2) is 36.7 Å². The van der Waals surface area contributed by atoms with Crippen LogP contribution >= 0.6 is 12.4 Å². The number of anilines is 1. The molecule has 0 amide bonds. The molecule has 0 unspecified atom stereocenters. The summed E-state index contributed by atoms with van der Waals surface area (Å²) in [5, 5.41) is 17.9. The lowest BCUT2D eigenvalue weighted by Crippen LogP contribution is -2.42. The average Bonchev–Trinajstić information content (AvgIpc) is 3.23. The van der Waals surface area contributed by atoms with Crippen LogP contribution in [-0.2, 0) is 6.54 Å². The summed E-state index contributed by atoms with van der Waals surface area (Å²) < 4.78 is 2.34. The van der Waals surface area contributed by atoms with Crippen molar-refractivity contribution in [2.75, 3.05) is 38.0 Å². The lowest BCUT2D eigenvalue weighted by atomic mass is 9.93. The highest BCUT2D eigenvalue weighted by Gasteiger charge is 2.24. The summed E-state index contributed by atoms with van der Waals surface area (Å²) in [6.07, 6.45) is 8.77. The summed E-state index contributed by atoms with van der Waals surface area (Å²) in [5.74, 6) is 0.692. The third-order valence-corrected chi connectivity index (χ3v) is 7.05. The summed E-state index contributed by atoms with van der Waals surface area (Å²) in [6.45, 7) is 8.38. The van der Waals surface area contributed by atoms with E-state index >= 15 is 0 Å². The number of nitrogens with one attached hydrogen (secondary N) is 2. The van der Waals surface area contributed by atoms with Crippen LogP contribution in [0.3, 0.4) is 0 Å². The molecule has 1 aliphatic heterocycles. The lowest BCUT2D eigenvalue weighted by molar-refractivity contribution is 0.111. The molecule has 0 bridgehead atoms. The van der Waals surface area contributed by atoms with E-state index in [4.69, 9.17) is 4.98 Å². The van der Waals surface area contributed by atoms with Crippen LogP contribution in [0.25, 0.3) is 22.2 Å². The Morgan fingerprint density at radius 2 is 1.82 bits per heavy atom. The molecule has 1 aliphatic carbocycles. The van der Waals surface area contributed by atoms with E-state index < -0.39 is 0 Å². The second-order valence-electron chi connectivity index (χ2n) is 9.49. The Kier molecular flexibility index (Phi) is 8.42. The first-order valence-corrected chi connectivity index (χ1v) is 12.5. The number of fused-ring (bicyclic) bond motifs is 1. The van der Waals surface area contributed by atoms with Crippen molar-refractivity contribution < 1.29 is 5.11 Å². The standard InChI is InChI=1S/C26H36N6O.ClH/c1-2-11-28-26-29-16-23-24(18-32(25(23)30-26)21-7-9-22(33)10-8-21)20-5-3-19(4-6-20)17-31-14-12-27-13-15-31;/h3-6,16,18,21-22,27,33H,2,7-15,17H2,1H3,(H,28,29,30);1H/t21-,22-;. The third-order valence-electron chi connectivity index (χ3n) is 7.05. The van der Waals surface area contributed by atoms with Crippen LogP contribution in [0.5, 0.6) is 0 Å². The van der Waals surface area contributed by atoms with Crippen molar-refractivity contribution in [3.05, 3.63) is 42.2 Å². The summed E-state index contributed by atoms with van der Waals surface area (Å²) >= 11 is 0. The molecule has 2 aliphatic rings. The number of halogens is 1. The van der Waals surface area contributed by atoms with Crippen LogP contribution in [-0.4, -0.2) is 63.4 Å². The minimum Gasteiger partial charge on any atom is -0.393 e. The smallest absolute Gasteiger partial charge is 0.224 e. The molecular formula is C26H37ClN6O. The van der Waals surface area contributed by atoms with Gasteiger partial charge in [0.1, 0.15) is 5.65 Å². The summed E-state index contributed by atoms with van der Waals surface area (Å²) in [7, 11) is 0. The molecule has 1 saturated heterocycles. The number of aliphatic hydroxyl groups excluding tert-OH is 1. The number of aromatic nitrogens is 3. The maximum atomic E-state index is 10.0. The minimum atomic E-state index is -0.165. The van der Waals surface area contributed by atoms with E-state index in [-0.39, 0.29) is 18.5 Å². The molecule has 34 heavy (non-hydrogen) atoms. The van der Waals surface area contributed by atoms with Crippen LogP contribution in [0.1, 0.15) is 50.6 Å². The second-order valence-corrected chi connectivity index (χ2v) is 9.49. The molecule has 1 aromatic carbocycles. The molecule has 3 aromatic rings. The first kappa shape index (κ1) is 24.9. The Bertz CT molecular complexity index is 1060. The Balaban J connectivity index is 0.00000274. The van der Waals surface area contributed by atoms with Gasteiger partial charge < -0.3 is 20.3 Å². The van der Waals surface area contributed by atoms with Gasteiger partial charge in [-0.3, -0.25) is 4.90 Å². The number of aliphatic hydroxyl groups is 1. The topological polar surface area (TPSA) is 78.2 Å². The fraction of sp³-hybridized carbons (Fsp3) is 0.538. The molecule has 2 aromatic heterocycles. The van der Waals surface area contributed by atoms with E-state index in [1.807, 2.05) is 6.20 Å². The Labute approximate surface area is 208 Å². The number of hydrogen-bond donors (Lipinski definition) is 3. The number of piperazine rings is 1. The SMILES string of the molecule is CCCNc1ncc2c(-c3ccc(CN4CCNCC4)cc3)cn([C@H]3CC[C@H](O)CC3)c2n1.Cl. The average molecular weight is 485 g/mol. The van der Waals surface area contributed by atoms with Gasteiger partial charge in [-0.2, -0.15) is 4.98 Å². The monoisotopic (exact) mass is 484 g/mol. The first-order valence-electron chi connectivity index (χ1n) is 12.5. The largest absolute Gasteiger partial charge is 0.393 e. The molecule has 3 heterocycles. The summed E-state index contributed by atoms with van der Waals surface area (Å²) in [6, 6.07) is 9.37. The van der Waals surface area contributed by atoms with Gasteiger partial charge in [-0.1, -0.05) is 31.2 Å². The Hall–Kier alpha value is -2.19. The van der Waals surface area contributed by atoms with E-state index in [9.17, 15) is 5.11 Å². The molecule has 3 N–H and O–H groups in total. The first-order chi connectivity index (χ1) is 16.2. The quantitative estimate of drug-likeness (QED) is 0.466. The molecule has 1 saturated carbocycles. The predicted octanol–water partition coefficient (Wildman–Crippen LogP) is 4.22. The van der Waals surface area contributed by atoms with Gasteiger partial charge in [-0.05, 0) is 43.2 Å². The highest BCUT2D eigenvalue weighted by molar-refractivity contribution is 5.94. The van der Waals surface area contributed by atoms with Crippen molar-refractivity contribution in [1.82, 2.24) is 24.8 Å². The molecule has 0 atom stereocenters. The zero-order valence-electron chi connectivity index (χ0n) is 20.0. The lowest BCUT2D eigenvalue weighted by Gasteiger charge is -2.27. The second kappa shape index (κ2) is 11.5. The molecule has 8 heteroatoms. The van der Waals surface area contributed by atoms with Gasteiger partial charge in [0.15, 0.2) is 0 Å². The number of rotatable bonds is 7. The van der Waals surface area contributed by atoms with E-state index in [0.717, 1.165) is 82.4 Å². The van der Waals surface area contributed by atoms with Crippen molar-refractivity contribution in [2.45, 2.75) is 57.7 Å². The summed E-state index contributed by atoms with van der Waals surface area (Å²) in [4.78, 5) is 12.0. The fourth-order valence-corrected chi connectivity index (χ4v) is 5.11. The van der Waals surface area contributed by atoms with Crippen molar-refractivity contribution in [3.63, 3.8) is 0 Å². The van der Waals surface area contributed by atoms with Gasteiger partial charge in [-0.25, -0.2) is 4.98 Å². The fourth-order valence-electron chi connectivity index (χ4n) is 5.11. The van der Waals surface area contributed by atoms with Gasteiger partial charge in [0, 0.05) is 68.7 Å². The Morgan fingerprint density at radius 3 is 2.53 bits per heavy atom. The van der Waals surface area contributed by atoms with Gasteiger partial charge in [0.2, 0.25) is 5.95 Å². The molecular weight excluding hydrogens is 448 g/mol. The van der Waals surface area contributed by atoms with Gasteiger partial charge >= 0.3 is 0 Å². The van der Waals surface area contributed by atoms with Crippen LogP contribution < -0.4 is 10.6 Å². The molecule has 184 valence electrons. The van der Waals surface area contributed by atoms with Crippen molar-refractivity contribution in [2.24, 2.45) is 0 Å². The van der Waals surface area contributed by atoms with Crippen LogP contribution in [0, 0.1) is 0 Å². The zero-order valence-corrected chi connectivity index (χ0v) is 20.9. The minimum absolute atomic E-state index is 0. The van der Waals surface area contributed by atoms with Crippen molar-refractivity contribution in [1.29, 1.82) is 0 Å². The van der Waals surface area contributed by atoms with E-state index in [1.54, 1.807) is 0 Å². The highest BCUT2D eigenvalue weighted by Crippen LogP contribution is 2.36. The van der Waals surface area contributed by atoms with Gasteiger partial charge in [-0.15, -0.1) is 12.4 Å². The maximum absolute atomic E-state index is 10.0. The predicted molar refractivity (Wildman–Crippen MR) is 141 cm³/mol. The van der Waals surface area contributed by atoms with Crippen molar-refractivity contribution >= 4 is 29.4 Å². The van der Waals surface area contributed by atoms with Gasteiger partial charge in [0.25, 0.3) is 0 Å². The summed E-state index contributed by atoms with van der Waals surface area (Å²) in [5.41, 5.74) is 4.74. The maximum Gasteiger partial charge on any atom is 0.224 e. The molecule has 2 fully saturated rings. The zero-order chi connectivity index (χ0) is 22.6. The third kappa shape index (κ3) is 5.54. The van der Waals surface area contributed by atoms with E-state index in [2.05, 4.69) is 62.5 Å². The number of nitrogens with zero attached hydrogens (tertiary/aromatic N) is 4. The van der Waals surface area contributed by atoms with Crippen molar-refractivity contribution in [3.8, 4) is 11.1 Å².